The average Bonchev–Trinajstić information content (AvgIpc) is 3.22. The SMILES string of the molecule is CCOC(=O)Cn1c(CSc2nncn2-c2ccccc2)n[nH]c1=S. The molecular weight excluding hydrogens is 360 g/mol. The van der Waals surface area contributed by atoms with Gasteiger partial charge in [-0.05, 0) is 31.3 Å². The number of H-pyrrole nitrogens is 1. The third-order valence-electron chi connectivity index (χ3n) is 3.31. The Morgan fingerprint density at radius 2 is 2.16 bits per heavy atom. The van der Waals surface area contributed by atoms with Crippen LogP contribution in [0.2, 0.25) is 0 Å². The van der Waals surface area contributed by atoms with Crippen LogP contribution in [0.15, 0.2) is 41.8 Å². The molecule has 0 spiro atoms. The Labute approximate surface area is 153 Å². The van der Waals surface area contributed by atoms with Gasteiger partial charge in [-0.25, -0.2) is 0 Å². The first-order chi connectivity index (χ1) is 12.2. The molecule has 0 amide bonds. The van der Waals surface area contributed by atoms with E-state index in [1.54, 1.807) is 17.8 Å². The first-order valence-corrected chi connectivity index (χ1v) is 8.96. The molecule has 0 fully saturated rings. The summed E-state index contributed by atoms with van der Waals surface area (Å²) < 4.78 is 8.87. The number of carbonyl (C=O) groups is 1. The van der Waals surface area contributed by atoms with E-state index in [4.69, 9.17) is 17.0 Å². The van der Waals surface area contributed by atoms with E-state index in [1.165, 1.54) is 11.8 Å². The van der Waals surface area contributed by atoms with Crippen molar-refractivity contribution in [3.63, 3.8) is 0 Å². The lowest BCUT2D eigenvalue weighted by molar-refractivity contribution is -0.143. The molecule has 25 heavy (non-hydrogen) atoms. The van der Waals surface area contributed by atoms with E-state index in [1.807, 2.05) is 34.9 Å². The van der Waals surface area contributed by atoms with E-state index in [0.717, 1.165) is 10.8 Å². The Morgan fingerprint density at radius 3 is 2.92 bits per heavy atom. The molecule has 0 unspecified atom stereocenters. The number of carbonyl (C=O) groups excluding carboxylic acids is 1. The molecule has 130 valence electrons. The van der Waals surface area contributed by atoms with Crippen LogP contribution in [0.4, 0.5) is 0 Å². The summed E-state index contributed by atoms with van der Waals surface area (Å²) >= 11 is 6.64. The first kappa shape index (κ1) is 17.4. The molecule has 0 atom stereocenters. The van der Waals surface area contributed by atoms with Crippen molar-refractivity contribution in [2.75, 3.05) is 6.61 Å². The number of benzene rings is 1. The second kappa shape index (κ2) is 8.08. The highest BCUT2D eigenvalue weighted by Crippen LogP contribution is 2.22. The number of nitrogens with one attached hydrogen (secondary N) is 1. The van der Waals surface area contributed by atoms with Crippen molar-refractivity contribution in [1.29, 1.82) is 0 Å². The monoisotopic (exact) mass is 376 g/mol. The van der Waals surface area contributed by atoms with Crippen LogP contribution in [-0.4, -0.2) is 42.1 Å². The molecule has 10 heteroatoms. The topological polar surface area (TPSA) is 90.6 Å². The minimum Gasteiger partial charge on any atom is -0.465 e. The molecule has 3 aromatic rings. The predicted molar refractivity (Wildman–Crippen MR) is 95.0 cm³/mol. The summed E-state index contributed by atoms with van der Waals surface area (Å²) in [4.78, 5) is 11.7. The largest absolute Gasteiger partial charge is 0.465 e. The van der Waals surface area contributed by atoms with Crippen LogP contribution in [0, 0.1) is 4.77 Å². The Balaban J connectivity index is 1.74. The second-order valence-corrected chi connectivity index (χ2v) is 6.27. The number of aromatic amines is 1. The summed E-state index contributed by atoms with van der Waals surface area (Å²) in [5.74, 6) is 0.780. The van der Waals surface area contributed by atoms with Crippen LogP contribution in [-0.2, 0) is 21.8 Å². The highest BCUT2D eigenvalue weighted by Gasteiger charge is 2.14. The lowest BCUT2D eigenvalue weighted by atomic mass is 10.3. The molecule has 8 nitrogen and oxygen atoms in total. The van der Waals surface area contributed by atoms with E-state index < -0.39 is 0 Å². The van der Waals surface area contributed by atoms with Crippen molar-refractivity contribution < 1.29 is 9.53 Å². The van der Waals surface area contributed by atoms with Gasteiger partial charge in [-0.15, -0.1) is 10.2 Å². The average molecular weight is 376 g/mol. The Hall–Kier alpha value is -2.46. The molecule has 0 saturated heterocycles. The number of nitrogens with zero attached hydrogens (tertiary/aromatic N) is 5. The maximum atomic E-state index is 11.7. The number of para-hydroxylation sites is 1. The quantitative estimate of drug-likeness (QED) is 0.384. The molecule has 0 bridgehead atoms. The zero-order chi connectivity index (χ0) is 17.6. The van der Waals surface area contributed by atoms with E-state index >= 15 is 0 Å². The maximum absolute atomic E-state index is 11.7. The molecule has 0 saturated carbocycles. The number of thioether (sulfide) groups is 1. The van der Waals surface area contributed by atoms with Crippen LogP contribution < -0.4 is 0 Å². The number of hydrogen-bond acceptors (Lipinski definition) is 7. The first-order valence-electron chi connectivity index (χ1n) is 7.57. The predicted octanol–water partition coefficient (Wildman–Crippen LogP) is 2.38. The second-order valence-electron chi connectivity index (χ2n) is 4.94. The molecule has 2 aromatic heterocycles. The van der Waals surface area contributed by atoms with Gasteiger partial charge in [0, 0.05) is 5.69 Å². The van der Waals surface area contributed by atoms with Gasteiger partial charge in [0.05, 0.1) is 12.4 Å². The van der Waals surface area contributed by atoms with E-state index in [0.29, 0.717) is 23.0 Å². The Bertz CT molecular complexity index is 902. The molecule has 0 aliphatic carbocycles. The molecular formula is C15H16N6O2S2. The lowest BCUT2D eigenvalue weighted by Crippen LogP contribution is -2.15. The summed E-state index contributed by atoms with van der Waals surface area (Å²) in [5.41, 5.74) is 0.973. The van der Waals surface area contributed by atoms with Gasteiger partial charge in [-0.1, -0.05) is 30.0 Å². The summed E-state index contributed by atoms with van der Waals surface area (Å²) in [6.45, 7) is 2.12. The van der Waals surface area contributed by atoms with Crippen LogP contribution in [0.3, 0.4) is 0 Å². The van der Waals surface area contributed by atoms with Crippen molar-refractivity contribution in [2.45, 2.75) is 24.4 Å². The summed E-state index contributed by atoms with van der Waals surface area (Å²) in [7, 11) is 0. The zero-order valence-electron chi connectivity index (χ0n) is 13.5. The van der Waals surface area contributed by atoms with E-state index in [2.05, 4.69) is 20.4 Å². The highest BCUT2D eigenvalue weighted by atomic mass is 32.2. The van der Waals surface area contributed by atoms with Gasteiger partial charge in [0.15, 0.2) is 9.93 Å². The van der Waals surface area contributed by atoms with Crippen LogP contribution in [0.5, 0.6) is 0 Å². The molecule has 1 aromatic carbocycles. The Morgan fingerprint density at radius 1 is 1.36 bits per heavy atom. The van der Waals surface area contributed by atoms with Crippen LogP contribution in [0.1, 0.15) is 12.7 Å². The van der Waals surface area contributed by atoms with Crippen LogP contribution in [0.25, 0.3) is 5.69 Å². The minimum atomic E-state index is -0.348. The third kappa shape index (κ3) is 4.15. The van der Waals surface area contributed by atoms with Gasteiger partial charge < -0.3 is 4.74 Å². The van der Waals surface area contributed by atoms with Crippen LogP contribution >= 0.6 is 24.0 Å². The normalized spacial score (nSPS) is 10.8. The van der Waals surface area contributed by atoms with Crippen molar-refractivity contribution in [2.24, 2.45) is 0 Å². The molecule has 0 aliphatic heterocycles. The number of hydrogen-bond donors (Lipinski definition) is 1. The minimum absolute atomic E-state index is 0.0322. The highest BCUT2D eigenvalue weighted by molar-refractivity contribution is 7.98. The van der Waals surface area contributed by atoms with Gasteiger partial charge in [-0.2, -0.15) is 5.10 Å². The fraction of sp³-hybridized carbons (Fsp3) is 0.267. The van der Waals surface area contributed by atoms with Gasteiger partial charge in [0.2, 0.25) is 0 Å². The third-order valence-corrected chi connectivity index (χ3v) is 4.56. The van der Waals surface area contributed by atoms with Crippen molar-refractivity contribution in [3.05, 3.63) is 47.3 Å². The fourth-order valence-corrected chi connectivity index (χ4v) is 3.27. The molecule has 1 N–H and O–H groups in total. The standard InChI is InChI=1S/C15H16N6O2S2/c1-2-23-13(22)8-20-12(17-18-14(20)24)9-25-15-19-16-10-21(15)11-6-4-3-5-7-11/h3-7,10H,2,8-9H2,1H3,(H,18,24). The molecule has 0 radical (unpaired) electrons. The summed E-state index contributed by atoms with van der Waals surface area (Å²) in [5, 5.41) is 15.7. The smallest absolute Gasteiger partial charge is 0.326 e. The molecule has 2 heterocycles. The molecule has 0 aliphatic rings. The summed E-state index contributed by atoms with van der Waals surface area (Å²) in [6, 6.07) is 9.81. The summed E-state index contributed by atoms with van der Waals surface area (Å²) in [6.07, 6.45) is 1.66. The Kier molecular flexibility index (Phi) is 5.61. The van der Waals surface area contributed by atoms with Crippen molar-refractivity contribution in [3.8, 4) is 5.69 Å². The number of rotatable bonds is 7. The van der Waals surface area contributed by atoms with Gasteiger partial charge in [0.25, 0.3) is 0 Å². The molecule has 3 rings (SSSR count). The maximum Gasteiger partial charge on any atom is 0.326 e. The number of aromatic nitrogens is 6. The van der Waals surface area contributed by atoms with Gasteiger partial charge in [0.1, 0.15) is 18.7 Å². The van der Waals surface area contributed by atoms with E-state index in [9.17, 15) is 4.79 Å². The number of ether oxygens (including phenoxy) is 1. The number of esters is 1. The van der Waals surface area contributed by atoms with Gasteiger partial charge in [-0.3, -0.25) is 19.0 Å². The zero-order valence-corrected chi connectivity index (χ0v) is 15.1. The van der Waals surface area contributed by atoms with E-state index in [-0.39, 0.29) is 12.5 Å². The van der Waals surface area contributed by atoms with Gasteiger partial charge >= 0.3 is 5.97 Å². The lowest BCUT2D eigenvalue weighted by Gasteiger charge is -2.07. The van der Waals surface area contributed by atoms with Crippen molar-refractivity contribution in [1.82, 2.24) is 29.5 Å². The fourth-order valence-electron chi connectivity index (χ4n) is 2.18. The van der Waals surface area contributed by atoms with Crippen molar-refractivity contribution >= 4 is 29.9 Å².